The summed E-state index contributed by atoms with van der Waals surface area (Å²) in [7, 11) is -2.99. The van der Waals surface area contributed by atoms with Crippen molar-refractivity contribution in [2.75, 3.05) is 12.3 Å². The van der Waals surface area contributed by atoms with Crippen LogP contribution in [0.25, 0.3) is 0 Å². The molecule has 12 nitrogen and oxygen atoms in total. The molecule has 4 N–H and O–H groups in total. The van der Waals surface area contributed by atoms with Crippen molar-refractivity contribution in [2.24, 2.45) is 12.2 Å². The highest BCUT2D eigenvalue weighted by Gasteiger charge is 2.24. The predicted octanol–water partition coefficient (Wildman–Crippen LogP) is -0.542. The molecule has 168 valence electrons. The van der Waals surface area contributed by atoms with Gasteiger partial charge in [-0.05, 0) is 17.7 Å². The van der Waals surface area contributed by atoms with Gasteiger partial charge in [0.2, 0.25) is 16.6 Å². The van der Waals surface area contributed by atoms with Crippen molar-refractivity contribution in [1.29, 1.82) is 0 Å². The first-order valence-electron chi connectivity index (χ1n) is 8.97. The molecule has 0 fully saturated rings. The van der Waals surface area contributed by atoms with Crippen molar-refractivity contribution in [1.82, 2.24) is 9.13 Å². The van der Waals surface area contributed by atoms with Gasteiger partial charge in [0.25, 0.3) is 15.6 Å². The molecular formula is C19H18N4O8S. The SMILES string of the molecule is Cn1c(=O)c(C(=O)COC(=O)c2ccc(S(N)(=O)=O)o2)c(N)n(Cc2ccccc2)c1=O. The number of anilines is 1. The van der Waals surface area contributed by atoms with Gasteiger partial charge >= 0.3 is 11.7 Å². The lowest BCUT2D eigenvalue weighted by molar-refractivity contribution is 0.0438. The Morgan fingerprint density at radius 1 is 1.09 bits per heavy atom. The Morgan fingerprint density at radius 3 is 2.34 bits per heavy atom. The van der Waals surface area contributed by atoms with E-state index in [4.69, 9.17) is 20.0 Å². The summed E-state index contributed by atoms with van der Waals surface area (Å²) in [6, 6.07) is 10.7. The number of carbonyl (C=O) groups is 2. The van der Waals surface area contributed by atoms with E-state index in [-0.39, 0.29) is 12.4 Å². The maximum atomic E-state index is 12.6. The number of carbonyl (C=O) groups excluding carboxylic acids is 2. The molecule has 0 aliphatic heterocycles. The minimum absolute atomic E-state index is 0.00241. The molecule has 2 heterocycles. The minimum Gasteiger partial charge on any atom is -0.451 e. The molecule has 0 unspecified atom stereocenters. The van der Waals surface area contributed by atoms with E-state index in [0.29, 0.717) is 5.56 Å². The number of esters is 1. The Kier molecular flexibility index (Phi) is 6.13. The molecule has 32 heavy (non-hydrogen) atoms. The number of aromatic nitrogens is 2. The van der Waals surface area contributed by atoms with Crippen LogP contribution >= 0.6 is 0 Å². The van der Waals surface area contributed by atoms with Gasteiger partial charge in [0.05, 0.1) is 6.54 Å². The highest BCUT2D eigenvalue weighted by molar-refractivity contribution is 7.89. The first kappa shape index (κ1) is 22.7. The third kappa shape index (κ3) is 4.53. The van der Waals surface area contributed by atoms with Crippen LogP contribution in [0.2, 0.25) is 0 Å². The molecule has 0 atom stereocenters. The molecule has 2 aromatic heterocycles. The third-order valence-corrected chi connectivity index (χ3v) is 5.22. The number of hydrogen-bond donors (Lipinski definition) is 2. The van der Waals surface area contributed by atoms with Gasteiger partial charge in [0, 0.05) is 7.05 Å². The number of hydrogen-bond acceptors (Lipinski definition) is 9. The smallest absolute Gasteiger partial charge is 0.374 e. The zero-order chi connectivity index (χ0) is 23.6. The van der Waals surface area contributed by atoms with Crippen LogP contribution in [0.5, 0.6) is 0 Å². The van der Waals surface area contributed by atoms with Crippen molar-refractivity contribution in [3.63, 3.8) is 0 Å². The number of nitrogen functional groups attached to an aromatic ring is 1. The second-order valence-corrected chi connectivity index (χ2v) is 8.13. The molecule has 0 spiro atoms. The average Bonchev–Trinajstić information content (AvgIpc) is 3.25. The fourth-order valence-electron chi connectivity index (χ4n) is 2.82. The molecule has 0 amide bonds. The van der Waals surface area contributed by atoms with E-state index in [1.54, 1.807) is 30.3 Å². The van der Waals surface area contributed by atoms with Crippen LogP contribution in [0.4, 0.5) is 5.82 Å². The molecule has 0 aliphatic carbocycles. The van der Waals surface area contributed by atoms with E-state index in [2.05, 4.69) is 0 Å². The van der Waals surface area contributed by atoms with Crippen molar-refractivity contribution in [3.8, 4) is 0 Å². The van der Waals surface area contributed by atoms with Gasteiger partial charge in [-0.2, -0.15) is 0 Å². The van der Waals surface area contributed by atoms with Gasteiger partial charge < -0.3 is 14.9 Å². The first-order chi connectivity index (χ1) is 15.0. The zero-order valence-electron chi connectivity index (χ0n) is 16.7. The average molecular weight is 462 g/mol. The second-order valence-electron chi connectivity index (χ2n) is 6.64. The number of ketones is 1. The Morgan fingerprint density at radius 2 is 1.75 bits per heavy atom. The van der Waals surface area contributed by atoms with E-state index in [1.165, 1.54) is 7.05 Å². The molecular weight excluding hydrogens is 444 g/mol. The van der Waals surface area contributed by atoms with Gasteiger partial charge in [-0.15, -0.1) is 0 Å². The number of nitrogens with two attached hydrogens (primary N) is 2. The normalized spacial score (nSPS) is 11.3. The summed E-state index contributed by atoms with van der Waals surface area (Å²) in [6.07, 6.45) is 0. The minimum atomic E-state index is -4.17. The van der Waals surface area contributed by atoms with Crippen LogP contribution in [0, 0.1) is 0 Å². The van der Waals surface area contributed by atoms with Crippen LogP contribution in [0.3, 0.4) is 0 Å². The molecule has 0 bridgehead atoms. The fraction of sp³-hybridized carbons (Fsp3) is 0.158. The maximum absolute atomic E-state index is 12.6. The Balaban J connectivity index is 1.86. The number of ether oxygens (including phenoxy) is 1. The van der Waals surface area contributed by atoms with E-state index >= 15 is 0 Å². The topological polar surface area (TPSA) is 187 Å². The highest BCUT2D eigenvalue weighted by Crippen LogP contribution is 2.14. The van der Waals surface area contributed by atoms with E-state index in [0.717, 1.165) is 21.3 Å². The fourth-order valence-corrected chi connectivity index (χ4v) is 3.28. The molecule has 0 saturated carbocycles. The van der Waals surface area contributed by atoms with Gasteiger partial charge in [-0.1, -0.05) is 30.3 Å². The summed E-state index contributed by atoms with van der Waals surface area (Å²) >= 11 is 0. The van der Waals surface area contributed by atoms with Crippen molar-refractivity contribution < 1.29 is 27.2 Å². The Labute approximate surface area is 180 Å². The molecule has 3 aromatic rings. The number of rotatable bonds is 7. The molecule has 3 rings (SSSR count). The van der Waals surface area contributed by atoms with E-state index in [9.17, 15) is 27.6 Å². The number of benzene rings is 1. The number of nitrogens with zero attached hydrogens (tertiary/aromatic N) is 2. The monoisotopic (exact) mass is 462 g/mol. The quantitative estimate of drug-likeness (QED) is 0.343. The summed E-state index contributed by atoms with van der Waals surface area (Å²) in [5, 5.41) is 4.23. The van der Waals surface area contributed by atoms with Crippen LogP contribution in [-0.4, -0.2) is 35.9 Å². The lowest BCUT2D eigenvalue weighted by Gasteiger charge is -2.14. The van der Waals surface area contributed by atoms with Gasteiger partial charge in [0.1, 0.15) is 11.4 Å². The van der Waals surface area contributed by atoms with Crippen LogP contribution in [0.15, 0.2) is 61.6 Å². The van der Waals surface area contributed by atoms with E-state index in [1.807, 2.05) is 0 Å². The molecule has 1 aromatic carbocycles. The summed E-state index contributed by atoms with van der Waals surface area (Å²) in [6.45, 7) is -0.907. The summed E-state index contributed by atoms with van der Waals surface area (Å²) in [5.74, 6) is -3.02. The molecule has 0 saturated heterocycles. The number of primary sulfonamides is 1. The van der Waals surface area contributed by atoms with Crippen molar-refractivity contribution in [2.45, 2.75) is 11.6 Å². The van der Waals surface area contributed by atoms with Crippen molar-refractivity contribution >= 4 is 27.6 Å². The van der Waals surface area contributed by atoms with Crippen molar-refractivity contribution in [3.05, 3.63) is 80.2 Å². The van der Waals surface area contributed by atoms with Gasteiger partial charge in [-0.25, -0.2) is 23.1 Å². The summed E-state index contributed by atoms with van der Waals surface area (Å²) < 4.78 is 33.8. The molecule has 13 heteroatoms. The predicted molar refractivity (Wildman–Crippen MR) is 111 cm³/mol. The highest BCUT2D eigenvalue weighted by atomic mass is 32.2. The van der Waals surface area contributed by atoms with Gasteiger partial charge in [-0.3, -0.25) is 18.7 Å². The summed E-state index contributed by atoms with van der Waals surface area (Å²) in [4.78, 5) is 49.7. The standard InChI is InChI=1S/C19H18N4O8S/c1-22-17(25)15(16(20)23(19(22)27)9-11-5-3-2-4-6-11)12(24)10-30-18(26)13-7-8-14(31-13)32(21,28)29/h2-8H,9-10,20H2,1H3,(H2,21,28,29). The van der Waals surface area contributed by atoms with Crippen LogP contribution in [0.1, 0.15) is 26.5 Å². The summed E-state index contributed by atoms with van der Waals surface area (Å²) in [5.41, 5.74) is 4.46. The Bertz CT molecular complexity index is 1420. The number of sulfonamides is 1. The first-order valence-corrected chi connectivity index (χ1v) is 10.5. The third-order valence-electron chi connectivity index (χ3n) is 4.44. The zero-order valence-corrected chi connectivity index (χ0v) is 17.5. The van der Waals surface area contributed by atoms with Gasteiger partial charge in [0.15, 0.2) is 6.61 Å². The lowest BCUT2D eigenvalue weighted by Crippen LogP contribution is -2.43. The number of Topliss-reactive ketones (excluding diaryl/α,β-unsaturated/α-hetero) is 1. The molecule has 0 radical (unpaired) electrons. The Hall–Kier alpha value is -3.97. The van der Waals surface area contributed by atoms with Crippen LogP contribution < -0.4 is 22.1 Å². The number of furan rings is 1. The molecule has 0 aliphatic rings. The van der Waals surface area contributed by atoms with E-state index < -0.39 is 56.0 Å². The largest absolute Gasteiger partial charge is 0.451 e. The lowest BCUT2D eigenvalue weighted by atomic mass is 10.2. The second kappa shape index (κ2) is 8.64. The maximum Gasteiger partial charge on any atom is 0.374 e. The van der Waals surface area contributed by atoms with Crippen LogP contribution in [-0.2, 0) is 28.4 Å².